The van der Waals surface area contributed by atoms with Crippen molar-refractivity contribution in [1.29, 1.82) is 0 Å². The third-order valence-electron chi connectivity index (χ3n) is 5.47. The van der Waals surface area contributed by atoms with E-state index in [0.717, 1.165) is 5.56 Å². The second-order valence-electron chi connectivity index (χ2n) is 7.18. The fourth-order valence-corrected chi connectivity index (χ4v) is 6.05. The molecule has 3 fully saturated rings. The van der Waals surface area contributed by atoms with Gasteiger partial charge in [0.2, 0.25) is 0 Å². The van der Waals surface area contributed by atoms with Crippen molar-refractivity contribution < 1.29 is 27.6 Å². The number of benzene rings is 2. The number of nitro benzene ring substituents is 1. The van der Waals surface area contributed by atoms with Gasteiger partial charge in [-0.3, -0.25) is 10.1 Å². The third-order valence-corrected chi connectivity index (χ3v) is 7.41. The van der Waals surface area contributed by atoms with E-state index in [0.29, 0.717) is 13.2 Å². The summed E-state index contributed by atoms with van der Waals surface area (Å²) in [5.74, 6) is 0. The highest BCUT2D eigenvalue weighted by molar-refractivity contribution is 7.89. The molecule has 6 atom stereocenters. The molecular formula is C19H18N2O7S. The molecule has 3 saturated heterocycles. The summed E-state index contributed by atoms with van der Waals surface area (Å²) in [7, 11) is -4.11. The fraction of sp³-hybridized carbons (Fsp3) is 0.368. The molecule has 5 rings (SSSR count). The van der Waals surface area contributed by atoms with E-state index >= 15 is 0 Å². The van der Waals surface area contributed by atoms with Gasteiger partial charge in [0.15, 0.2) is 11.2 Å². The number of nitro groups is 1. The molecule has 2 bridgehead atoms. The van der Waals surface area contributed by atoms with Crippen LogP contribution in [0.5, 0.6) is 0 Å². The lowest BCUT2D eigenvalue weighted by Gasteiger charge is -2.25. The van der Waals surface area contributed by atoms with E-state index in [9.17, 15) is 18.5 Å². The van der Waals surface area contributed by atoms with Crippen molar-refractivity contribution >= 4 is 15.7 Å². The van der Waals surface area contributed by atoms with Crippen molar-refractivity contribution in [3.8, 4) is 0 Å². The number of rotatable bonds is 6. The van der Waals surface area contributed by atoms with Crippen molar-refractivity contribution in [3.05, 3.63) is 70.3 Å². The molecule has 3 heterocycles. The van der Waals surface area contributed by atoms with Gasteiger partial charge in [-0.05, 0) is 11.6 Å². The second-order valence-corrected chi connectivity index (χ2v) is 8.99. The van der Waals surface area contributed by atoms with E-state index in [1.807, 2.05) is 30.3 Å². The molecule has 152 valence electrons. The molecule has 0 aliphatic carbocycles. The van der Waals surface area contributed by atoms with Gasteiger partial charge in [0, 0.05) is 6.07 Å². The van der Waals surface area contributed by atoms with E-state index in [2.05, 4.69) is 0 Å². The monoisotopic (exact) mass is 418 g/mol. The molecule has 2 aromatic rings. The van der Waals surface area contributed by atoms with Gasteiger partial charge < -0.3 is 14.2 Å². The minimum atomic E-state index is -4.11. The molecule has 3 aliphatic heterocycles. The average molecular weight is 418 g/mol. The molecule has 0 aromatic heterocycles. The molecule has 9 nitrogen and oxygen atoms in total. The lowest BCUT2D eigenvalue weighted by molar-refractivity contribution is -0.387. The minimum Gasteiger partial charge on any atom is -0.369 e. The first-order valence-corrected chi connectivity index (χ1v) is 10.6. The van der Waals surface area contributed by atoms with E-state index in [-0.39, 0.29) is 11.0 Å². The van der Waals surface area contributed by atoms with Gasteiger partial charge in [-0.1, -0.05) is 42.5 Å². The van der Waals surface area contributed by atoms with Gasteiger partial charge in [0.25, 0.3) is 15.7 Å². The van der Waals surface area contributed by atoms with Gasteiger partial charge in [-0.25, -0.2) is 8.42 Å². The molecule has 0 amide bonds. The maximum atomic E-state index is 13.2. The number of ether oxygens (including phenoxy) is 3. The highest BCUT2D eigenvalue weighted by Gasteiger charge is 2.70. The highest BCUT2D eigenvalue weighted by atomic mass is 32.2. The number of nitrogens with zero attached hydrogens (tertiary/aromatic N) is 2. The van der Waals surface area contributed by atoms with Crippen molar-refractivity contribution in [1.82, 2.24) is 4.31 Å². The van der Waals surface area contributed by atoms with Crippen molar-refractivity contribution in [2.24, 2.45) is 0 Å². The predicted molar refractivity (Wildman–Crippen MR) is 99.3 cm³/mol. The standard InChI is InChI=1S/C19H18N2O7S/c22-21(23)13-8-4-5-9-15(13)29(24,25)20-16-17(20)19-27-11-14(28-19)18(16)26-10-12-6-2-1-3-7-12/h1-9,14,16-19H,10-11H2/t14-,16-,17+,18-,19+,20?/m1/s1. The van der Waals surface area contributed by atoms with Gasteiger partial charge in [-0.15, -0.1) is 0 Å². The Morgan fingerprint density at radius 1 is 1.10 bits per heavy atom. The van der Waals surface area contributed by atoms with Gasteiger partial charge >= 0.3 is 0 Å². The fourth-order valence-electron chi connectivity index (χ4n) is 4.11. The molecule has 3 aliphatic rings. The van der Waals surface area contributed by atoms with Crippen LogP contribution in [0.3, 0.4) is 0 Å². The Balaban J connectivity index is 1.43. The molecule has 0 saturated carbocycles. The number of fused-ring (bicyclic) bond motifs is 4. The first-order valence-electron chi connectivity index (χ1n) is 9.18. The summed E-state index contributed by atoms with van der Waals surface area (Å²) < 4.78 is 45.2. The van der Waals surface area contributed by atoms with Crippen LogP contribution in [0.25, 0.3) is 0 Å². The van der Waals surface area contributed by atoms with Crippen LogP contribution >= 0.6 is 0 Å². The van der Waals surface area contributed by atoms with Crippen LogP contribution in [-0.2, 0) is 30.8 Å². The topological polar surface area (TPSA) is 108 Å². The van der Waals surface area contributed by atoms with Gasteiger partial charge in [0.05, 0.1) is 30.2 Å². The zero-order valence-corrected chi connectivity index (χ0v) is 16.0. The summed E-state index contributed by atoms with van der Waals surface area (Å²) >= 11 is 0. The van der Waals surface area contributed by atoms with Crippen molar-refractivity contribution in [2.45, 2.75) is 42.1 Å². The Hall–Kier alpha value is -2.37. The number of hydrogen-bond donors (Lipinski definition) is 0. The van der Waals surface area contributed by atoms with Crippen molar-refractivity contribution in [3.63, 3.8) is 0 Å². The number of hydrogen-bond acceptors (Lipinski definition) is 7. The van der Waals surface area contributed by atoms with Crippen LogP contribution in [0.15, 0.2) is 59.5 Å². The lowest BCUT2D eigenvalue weighted by Crippen LogP contribution is -2.42. The van der Waals surface area contributed by atoms with Gasteiger partial charge in [-0.2, -0.15) is 4.31 Å². The normalized spacial score (nSPS) is 32.6. The maximum absolute atomic E-state index is 13.2. The van der Waals surface area contributed by atoms with Crippen molar-refractivity contribution in [2.75, 3.05) is 6.61 Å². The quantitative estimate of drug-likeness (QED) is 0.399. The van der Waals surface area contributed by atoms with Gasteiger partial charge in [0.1, 0.15) is 12.2 Å². The summed E-state index contributed by atoms with van der Waals surface area (Å²) in [4.78, 5) is 10.3. The Labute approximate surface area is 167 Å². The number of sulfonamides is 1. The van der Waals surface area contributed by atoms with Crippen LogP contribution in [0.1, 0.15) is 5.56 Å². The van der Waals surface area contributed by atoms with Crippen LogP contribution in [0, 0.1) is 10.1 Å². The summed E-state index contributed by atoms with van der Waals surface area (Å²) in [5, 5.41) is 11.3. The average Bonchev–Trinajstić information content (AvgIpc) is 3.35. The zero-order chi connectivity index (χ0) is 20.2. The molecule has 29 heavy (non-hydrogen) atoms. The summed E-state index contributed by atoms with van der Waals surface area (Å²) in [5.41, 5.74) is 0.503. The molecular weight excluding hydrogens is 400 g/mol. The molecule has 1 unspecified atom stereocenters. The molecule has 0 radical (unpaired) electrons. The molecule has 0 spiro atoms. The molecule has 10 heteroatoms. The van der Waals surface area contributed by atoms with Crippen LogP contribution in [0.4, 0.5) is 5.69 Å². The Morgan fingerprint density at radius 2 is 1.83 bits per heavy atom. The Bertz CT molecular complexity index is 1050. The van der Waals surface area contributed by atoms with Crippen LogP contribution in [-0.4, -0.2) is 54.8 Å². The minimum absolute atomic E-state index is 0.304. The van der Waals surface area contributed by atoms with E-state index < -0.39 is 45.1 Å². The Morgan fingerprint density at radius 3 is 2.59 bits per heavy atom. The summed E-state index contributed by atoms with van der Waals surface area (Å²) in [6.07, 6.45) is -1.58. The lowest BCUT2D eigenvalue weighted by atomic mass is 10.1. The highest BCUT2D eigenvalue weighted by Crippen LogP contribution is 2.50. The summed E-state index contributed by atoms with van der Waals surface area (Å²) in [6, 6.07) is 13.8. The second kappa shape index (κ2) is 6.85. The third kappa shape index (κ3) is 3.04. The smallest absolute Gasteiger partial charge is 0.289 e. The first-order chi connectivity index (χ1) is 14.0. The first kappa shape index (κ1) is 18.6. The van der Waals surface area contributed by atoms with E-state index in [4.69, 9.17) is 14.2 Å². The predicted octanol–water partition coefficient (Wildman–Crippen LogP) is 1.68. The molecule has 0 N–H and O–H groups in total. The summed E-state index contributed by atoms with van der Waals surface area (Å²) in [6.45, 7) is 0.634. The van der Waals surface area contributed by atoms with E-state index in [1.165, 1.54) is 28.6 Å². The number of para-hydroxylation sites is 1. The van der Waals surface area contributed by atoms with Crippen LogP contribution < -0.4 is 0 Å². The SMILES string of the molecule is O=[N+]([O-])c1ccccc1S(=O)(=O)N1[C@@H]2[C@H]3OC[C@@H](O3)[C@@H](OCc3ccccc3)[C@@H]21. The molecule has 2 aromatic carbocycles. The Kier molecular flexibility index (Phi) is 4.41. The van der Waals surface area contributed by atoms with E-state index in [1.54, 1.807) is 0 Å². The maximum Gasteiger partial charge on any atom is 0.289 e. The largest absolute Gasteiger partial charge is 0.369 e. The van der Waals surface area contributed by atoms with Crippen LogP contribution in [0.2, 0.25) is 0 Å². The zero-order valence-electron chi connectivity index (χ0n) is 15.2.